The van der Waals surface area contributed by atoms with E-state index in [-0.39, 0.29) is 5.95 Å². The molecule has 0 spiro atoms. The van der Waals surface area contributed by atoms with Gasteiger partial charge in [0, 0.05) is 11.4 Å². The third-order valence-corrected chi connectivity index (χ3v) is 6.88. The number of thioether (sulfide) groups is 1. The third kappa shape index (κ3) is 5.60. The van der Waals surface area contributed by atoms with E-state index in [1.54, 1.807) is 0 Å². The van der Waals surface area contributed by atoms with Gasteiger partial charge in [-0.25, -0.2) is 0 Å². The van der Waals surface area contributed by atoms with Crippen LogP contribution in [-0.4, -0.2) is 47.7 Å². The molecule has 1 aliphatic rings. The van der Waals surface area contributed by atoms with Crippen LogP contribution in [0.25, 0.3) is 5.69 Å². The number of benzene rings is 2. The third-order valence-electron chi connectivity index (χ3n) is 5.95. The van der Waals surface area contributed by atoms with Crippen LogP contribution in [0, 0.1) is 0 Å². The summed E-state index contributed by atoms with van der Waals surface area (Å²) in [5.41, 5.74) is 9.21. The summed E-state index contributed by atoms with van der Waals surface area (Å²) in [5.74, 6) is 2.64. The van der Waals surface area contributed by atoms with Gasteiger partial charge in [0.1, 0.15) is 5.82 Å². The summed E-state index contributed by atoms with van der Waals surface area (Å²) in [7, 11) is 0. The van der Waals surface area contributed by atoms with Gasteiger partial charge in [-0.3, -0.25) is 9.47 Å². The van der Waals surface area contributed by atoms with Gasteiger partial charge in [-0.1, -0.05) is 55.1 Å². The normalized spacial score (nSPS) is 13.9. The number of nitrogens with zero attached hydrogens (tertiary/aromatic N) is 7. The van der Waals surface area contributed by atoms with Gasteiger partial charge in [0.2, 0.25) is 11.9 Å². The zero-order valence-electron chi connectivity index (χ0n) is 19.8. The Kier molecular flexibility index (Phi) is 7.20. The summed E-state index contributed by atoms with van der Waals surface area (Å²) >= 11 is 1.54. The Morgan fingerprint density at radius 2 is 1.71 bits per heavy atom. The minimum Gasteiger partial charge on any atom is -0.368 e. The van der Waals surface area contributed by atoms with E-state index in [2.05, 4.69) is 65.1 Å². The fourth-order valence-corrected chi connectivity index (χ4v) is 5.06. The number of para-hydroxylation sites is 2. The molecule has 0 aliphatic carbocycles. The highest BCUT2D eigenvalue weighted by Crippen LogP contribution is 2.26. The van der Waals surface area contributed by atoms with Gasteiger partial charge in [0.15, 0.2) is 11.0 Å². The summed E-state index contributed by atoms with van der Waals surface area (Å²) in [5, 5.41) is 13.2. The van der Waals surface area contributed by atoms with E-state index in [1.165, 1.54) is 30.2 Å². The molecule has 35 heavy (non-hydrogen) atoms. The monoisotopic (exact) mass is 487 g/mol. The van der Waals surface area contributed by atoms with E-state index >= 15 is 0 Å². The van der Waals surface area contributed by atoms with Crippen molar-refractivity contribution < 1.29 is 0 Å². The van der Waals surface area contributed by atoms with Crippen LogP contribution >= 0.6 is 11.8 Å². The van der Waals surface area contributed by atoms with Crippen LogP contribution in [0.3, 0.4) is 0 Å². The van der Waals surface area contributed by atoms with Crippen molar-refractivity contribution in [3.05, 3.63) is 71.8 Å². The average molecular weight is 488 g/mol. The molecular formula is C25H29N9S. The molecule has 1 aliphatic heterocycles. The number of hydrogen-bond donors (Lipinski definition) is 2. The van der Waals surface area contributed by atoms with Crippen molar-refractivity contribution in [2.45, 2.75) is 43.6 Å². The molecule has 1 fully saturated rings. The molecule has 0 atom stereocenters. The first-order valence-electron chi connectivity index (χ1n) is 11.9. The Bertz CT molecular complexity index is 1270. The van der Waals surface area contributed by atoms with Crippen LogP contribution in [-0.2, 0) is 18.7 Å². The zero-order valence-corrected chi connectivity index (χ0v) is 20.6. The zero-order chi connectivity index (χ0) is 24.0. The number of nitrogen functional groups attached to an aromatic ring is 1. The van der Waals surface area contributed by atoms with E-state index in [0.29, 0.717) is 17.5 Å². The molecule has 5 rings (SSSR count). The van der Waals surface area contributed by atoms with Gasteiger partial charge in [0.05, 0.1) is 12.3 Å². The number of aromatic nitrogens is 6. The maximum atomic E-state index is 6.02. The Morgan fingerprint density at radius 3 is 2.51 bits per heavy atom. The second-order valence-electron chi connectivity index (χ2n) is 8.41. The molecule has 1 saturated heterocycles. The van der Waals surface area contributed by atoms with Crippen molar-refractivity contribution in [2.24, 2.45) is 0 Å². The van der Waals surface area contributed by atoms with Crippen molar-refractivity contribution in [2.75, 3.05) is 24.1 Å². The lowest BCUT2D eigenvalue weighted by Gasteiger charge is -2.16. The molecule has 2 aromatic heterocycles. The van der Waals surface area contributed by atoms with Gasteiger partial charge in [-0.2, -0.15) is 15.0 Å². The number of nitrogens with one attached hydrogen (secondary N) is 1. The van der Waals surface area contributed by atoms with Crippen LogP contribution < -0.4 is 11.1 Å². The first-order chi connectivity index (χ1) is 17.2. The largest absolute Gasteiger partial charge is 0.368 e. The molecule has 2 aromatic carbocycles. The van der Waals surface area contributed by atoms with Crippen LogP contribution in [0.5, 0.6) is 0 Å². The second-order valence-corrected chi connectivity index (χ2v) is 9.35. The second kappa shape index (κ2) is 10.8. The molecule has 10 heteroatoms. The number of anilines is 3. The van der Waals surface area contributed by atoms with Crippen molar-refractivity contribution in [1.29, 1.82) is 0 Å². The lowest BCUT2D eigenvalue weighted by molar-refractivity contribution is 0.319. The van der Waals surface area contributed by atoms with Crippen molar-refractivity contribution in [3.63, 3.8) is 0 Å². The maximum Gasteiger partial charge on any atom is 0.232 e. The molecule has 4 aromatic rings. The van der Waals surface area contributed by atoms with E-state index in [0.717, 1.165) is 48.4 Å². The van der Waals surface area contributed by atoms with Crippen LogP contribution in [0.4, 0.5) is 17.6 Å². The minimum absolute atomic E-state index is 0.186. The maximum absolute atomic E-state index is 6.02. The van der Waals surface area contributed by atoms with Gasteiger partial charge >= 0.3 is 0 Å². The number of nitrogens with two attached hydrogens (primary N) is 1. The molecule has 0 bridgehead atoms. The molecular weight excluding hydrogens is 458 g/mol. The lowest BCUT2D eigenvalue weighted by atomic mass is 10.1. The molecule has 180 valence electrons. The number of rotatable bonds is 9. The predicted molar refractivity (Wildman–Crippen MR) is 139 cm³/mol. The van der Waals surface area contributed by atoms with E-state index in [4.69, 9.17) is 5.73 Å². The quantitative estimate of drug-likeness (QED) is 0.335. The van der Waals surface area contributed by atoms with Gasteiger partial charge in [0.25, 0.3) is 0 Å². The molecule has 3 N–H and O–H groups in total. The topological polar surface area (TPSA) is 111 Å². The van der Waals surface area contributed by atoms with Gasteiger partial charge < -0.3 is 11.1 Å². The fraction of sp³-hybridized carbons (Fsp3) is 0.320. The van der Waals surface area contributed by atoms with Crippen molar-refractivity contribution in [3.8, 4) is 5.69 Å². The Morgan fingerprint density at radius 1 is 0.943 bits per heavy atom. The molecule has 9 nitrogen and oxygen atoms in total. The van der Waals surface area contributed by atoms with E-state index in [9.17, 15) is 0 Å². The highest BCUT2D eigenvalue weighted by atomic mass is 32.2. The molecule has 0 unspecified atom stereocenters. The summed E-state index contributed by atoms with van der Waals surface area (Å²) < 4.78 is 2.13. The van der Waals surface area contributed by atoms with E-state index in [1.807, 2.05) is 36.4 Å². The van der Waals surface area contributed by atoms with Crippen LogP contribution in [0.15, 0.2) is 59.8 Å². The average Bonchev–Trinajstić information content (AvgIpc) is 3.53. The first kappa shape index (κ1) is 23.3. The van der Waals surface area contributed by atoms with E-state index < -0.39 is 0 Å². The Labute approximate surface area is 209 Å². The highest BCUT2D eigenvalue weighted by Gasteiger charge is 2.20. The SMILES string of the molecule is CCc1ccccc1Nc1nc(N)nc(CSc2nnc(CN3CCCC3)n2-c2ccccc2)n1. The minimum atomic E-state index is 0.186. The Balaban J connectivity index is 1.37. The van der Waals surface area contributed by atoms with Gasteiger partial charge in [-0.05, 0) is 56.1 Å². The highest BCUT2D eigenvalue weighted by molar-refractivity contribution is 7.98. The first-order valence-corrected chi connectivity index (χ1v) is 12.9. The summed E-state index contributed by atoms with van der Waals surface area (Å²) in [6.07, 6.45) is 3.38. The molecule has 0 radical (unpaired) electrons. The summed E-state index contributed by atoms with van der Waals surface area (Å²) in [4.78, 5) is 15.7. The number of hydrogen-bond acceptors (Lipinski definition) is 9. The predicted octanol–water partition coefficient (Wildman–Crippen LogP) is 4.23. The van der Waals surface area contributed by atoms with Crippen molar-refractivity contribution >= 4 is 29.3 Å². The molecule has 0 amide bonds. The standard InChI is InChI=1S/C25H29N9S/c1-2-18-10-6-7-13-20(18)27-24-29-21(28-23(26)30-24)17-35-25-32-31-22(16-33-14-8-9-15-33)34(25)19-11-4-3-5-12-19/h3-7,10-13H,2,8-9,14-17H2,1H3,(H3,26,27,28,29,30). The van der Waals surface area contributed by atoms with Gasteiger partial charge in [-0.15, -0.1) is 10.2 Å². The fourth-order valence-electron chi connectivity index (χ4n) is 4.23. The van der Waals surface area contributed by atoms with Crippen LogP contribution in [0.1, 0.15) is 37.0 Å². The van der Waals surface area contributed by atoms with Crippen molar-refractivity contribution in [1.82, 2.24) is 34.6 Å². The molecule has 3 heterocycles. The number of aryl methyl sites for hydroxylation is 1. The summed E-state index contributed by atoms with van der Waals surface area (Å²) in [6.45, 7) is 5.10. The number of likely N-dealkylation sites (tertiary alicyclic amines) is 1. The Hall–Kier alpha value is -3.50. The van der Waals surface area contributed by atoms with Crippen LogP contribution in [0.2, 0.25) is 0 Å². The smallest absolute Gasteiger partial charge is 0.232 e. The lowest BCUT2D eigenvalue weighted by Crippen LogP contribution is -2.21. The molecule has 0 saturated carbocycles. The summed E-state index contributed by atoms with van der Waals surface area (Å²) in [6, 6.07) is 18.3.